The molecular weight excluding hydrogens is 250 g/mol. The minimum absolute atomic E-state index is 0.00638. The van der Waals surface area contributed by atoms with E-state index in [0.29, 0.717) is 0 Å². The van der Waals surface area contributed by atoms with E-state index in [0.717, 1.165) is 12.8 Å². The summed E-state index contributed by atoms with van der Waals surface area (Å²) in [5.74, 6) is -1.41. The molecule has 3 amide bonds. The molecule has 7 heteroatoms. The van der Waals surface area contributed by atoms with Gasteiger partial charge in [0, 0.05) is 6.04 Å². The molecule has 0 aromatic carbocycles. The van der Waals surface area contributed by atoms with E-state index < -0.39 is 17.5 Å². The van der Waals surface area contributed by atoms with Gasteiger partial charge in [0.15, 0.2) is 0 Å². The van der Waals surface area contributed by atoms with E-state index in [2.05, 4.69) is 16.0 Å². The Morgan fingerprint density at radius 3 is 2.32 bits per heavy atom. The van der Waals surface area contributed by atoms with Crippen LogP contribution in [0, 0.1) is 5.92 Å². The zero-order valence-corrected chi connectivity index (χ0v) is 11.4. The van der Waals surface area contributed by atoms with E-state index >= 15 is 0 Å². The highest BCUT2D eigenvalue weighted by Gasteiger charge is 2.48. The molecule has 1 rings (SSSR count). The Balaban J connectivity index is 2.42. The van der Waals surface area contributed by atoms with E-state index in [-0.39, 0.29) is 24.4 Å². The van der Waals surface area contributed by atoms with Gasteiger partial charge in [-0.25, -0.2) is 9.59 Å². The summed E-state index contributed by atoms with van der Waals surface area (Å²) in [6, 6.07) is -0.649. The Bertz CT molecular complexity index is 379. The van der Waals surface area contributed by atoms with Gasteiger partial charge in [-0.2, -0.15) is 0 Å². The summed E-state index contributed by atoms with van der Waals surface area (Å²) in [4.78, 5) is 34.2. The van der Waals surface area contributed by atoms with Gasteiger partial charge in [-0.1, -0.05) is 0 Å². The molecule has 0 saturated heterocycles. The molecule has 0 heterocycles. The molecule has 0 aromatic heterocycles. The largest absolute Gasteiger partial charge is 0.480 e. The van der Waals surface area contributed by atoms with Crippen LogP contribution in [-0.4, -0.2) is 41.1 Å². The van der Waals surface area contributed by atoms with Crippen LogP contribution in [-0.2, 0) is 9.59 Å². The Kier molecular flexibility index (Phi) is 4.74. The van der Waals surface area contributed by atoms with Gasteiger partial charge >= 0.3 is 12.0 Å². The van der Waals surface area contributed by atoms with Crippen molar-refractivity contribution in [3.8, 4) is 0 Å². The van der Waals surface area contributed by atoms with E-state index in [1.165, 1.54) is 6.92 Å². The molecule has 7 nitrogen and oxygen atoms in total. The number of urea groups is 1. The number of rotatable bonds is 6. The molecule has 1 atom stereocenters. The SMILES string of the molecule is CC(C)NC(=O)CNC(=O)NC(C)(C(=O)O)C1CC1. The van der Waals surface area contributed by atoms with Crippen LogP contribution < -0.4 is 16.0 Å². The number of carboxylic acid groups (broad SMARTS) is 1. The van der Waals surface area contributed by atoms with Crippen LogP contribution in [0.5, 0.6) is 0 Å². The number of carbonyl (C=O) groups is 3. The maximum Gasteiger partial charge on any atom is 0.329 e. The summed E-state index contributed by atoms with van der Waals surface area (Å²) < 4.78 is 0. The van der Waals surface area contributed by atoms with E-state index in [4.69, 9.17) is 5.11 Å². The molecule has 0 aliphatic heterocycles. The summed E-state index contributed by atoms with van der Waals surface area (Å²) in [7, 11) is 0. The molecule has 1 unspecified atom stereocenters. The third kappa shape index (κ3) is 4.42. The molecule has 0 spiro atoms. The monoisotopic (exact) mass is 271 g/mol. The van der Waals surface area contributed by atoms with Gasteiger partial charge in [-0.15, -0.1) is 0 Å². The number of amides is 3. The van der Waals surface area contributed by atoms with Crippen LogP contribution in [0.15, 0.2) is 0 Å². The molecule has 4 N–H and O–H groups in total. The number of aliphatic carboxylic acids is 1. The first-order chi connectivity index (χ1) is 8.75. The van der Waals surface area contributed by atoms with Crippen LogP contribution in [0.3, 0.4) is 0 Å². The number of hydrogen-bond acceptors (Lipinski definition) is 3. The molecule has 0 bridgehead atoms. The van der Waals surface area contributed by atoms with Crippen molar-refractivity contribution >= 4 is 17.9 Å². The average Bonchev–Trinajstić information content (AvgIpc) is 3.08. The first kappa shape index (κ1) is 15.3. The summed E-state index contributed by atoms with van der Waals surface area (Å²) in [6.07, 6.45) is 1.58. The van der Waals surface area contributed by atoms with Crippen LogP contribution in [0.2, 0.25) is 0 Å². The highest BCUT2D eigenvalue weighted by molar-refractivity contribution is 5.88. The molecule has 0 aromatic rings. The van der Waals surface area contributed by atoms with Gasteiger partial charge in [-0.3, -0.25) is 4.79 Å². The number of hydrogen-bond donors (Lipinski definition) is 4. The molecule has 1 fully saturated rings. The Morgan fingerprint density at radius 1 is 1.32 bits per heavy atom. The fourth-order valence-corrected chi connectivity index (χ4v) is 1.80. The number of carboxylic acids is 1. The predicted octanol–water partition coefficient (Wildman–Crippen LogP) is 0.0635. The highest BCUT2D eigenvalue weighted by atomic mass is 16.4. The Morgan fingerprint density at radius 2 is 1.89 bits per heavy atom. The Hall–Kier alpha value is -1.79. The number of nitrogens with one attached hydrogen (secondary N) is 3. The van der Waals surface area contributed by atoms with Crippen molar-refractivity contribution in [3.05, 3.63) is 0 Å². The van der Waals surface area contributed by atoms with Crippen molar-refractivity contribution in [1.29, 1.82) is 0 Å². The molecule has 1 saturated carbocycles. The maximum absolute atomic E-state index is 11.6. The van der Waals surface area contributed by atoms with Gasteiger partial charge in [0.2, 0.25) is 5.91 Å². The van der Waals surface area contributed by atoms with E-state index in [1.54, 1.807) is 0 Å². The van der Waals surface area contributed by atoms with E-state index in [9.17, 15) is 14.4 Å². The average molecular weight is 271 g/mol. The lowest BCUT2D eigenvalue weighted by Crippen LogP contribution is -2.57. The van der Waals surface area contributed by atoms with Crippen molar-refractivity contribution in [2.24, 2.45) is 5.92 Å². The Labute approximate surface area is 112 Å². The normalized spacial score (nSPS) is 17.5. The zero-order chi connectivity index (χ0) is 14.6. The topological polar surface area (TPSA) is 108 Å². The maximum atomic E-state index is 11.6. The third-order valence-corrected chi connectivity index (χ3v) is 3.07. The minimum atomic E-state index is -1.27. The van der Waals surface area contributed by atoms with Gasteiger partial charge < -0.3 is 21.1 Å². The molecule has 19 heavy (non-hydrogen) atoms. The summed E-state index contributed by atoms with van der Waals surface area (Å²) in [5.41, 5.74) is -1.27. The molecule has 0 radical (unpaired) electrons. The van der Waals surface area contributed by atoms with Crippen molar-refractivity contribution in [2.45, 2.75) is 45.2 Å². The molecular formula is C12H21N3O4. The lowest BCUT2D eigenvalue weighted by atomic mass is 9.96. The predicted molar refractivity (Wildman–Crippen MR) is 68.6 cm³/mol. The first-order valence-electron chi connectivity index (χ1n) is 6.34. The van der Waals surface area contributed by atoms with Crippen LogP contribution >= 0.6 is 0 Å². The van der Waals surface area contributed by atoms with Gasteiger partial charge in [0.1, 0.15) is 5.54 Å². The highest BCUT2D eigenvalue weighted by Crippen LogP contribution is 2.39. The van der Waals surface area contributed by atoms with Crippen LogP contribution in [0.1, 0.15) is 33.6 Å². The summed E-state index contributed by atoms with van der Waals surface area (Å²) >= 11 is 0. The standard InChI is InChI=1S/C12H21N3O4/c1-7(2)14-9(16)6-13-11(19)15-12(3,10(17)18)8-4-5-8/h7-8H,4-6H2,1-3H3,(H,14,16)(H,17,18)(H2,13,15,19). The molecule has 1 aliphatic rings. The fraction of sp³-hybridized carbons (Fsp3) is 0.750. The van der Waals surface area contributed by atoms with Crippen molar-refractivity contribution in [3.63, 3.8) is 0 Å². The van der Waals surface area contributed by atoms with E-state index in [1.807, 2.05) is 13.8 Å². The number of carbonyl (C=O) groups excluding carboxylic acids is 2. The summed E-state index contributed by atoms with van der Waals surface area (Å²) in [5, 5.41) is 16.6. The first-order valence-corrected chi connectivity index (χ1v) is 6.34. The lowest BCUT2D eigenvalue weighted by molar-refractivity contribution is -0.144. The molecule has 108 valence electrons. The minimum Gasteiger partial charge on any atom is -0.480 e. The third-order valence-electron chi connectivity index (χ3n) is 3.07. The quantitative estimate of drug-likeness (QED) is 0.548. The van der Waals surface area contributed by atoms with Crippen LogP contribution in [0.25, 0.3) is 0 Å². The van der Waals surface area contributed by atoms with Crippen molar-refractivity contribution < 1.29 is 19.5 Å². The van der Waals surface area contributed by atoms with Crippen molar-refractivity contribution in [1.82, 2.24) is 16.0 Å². The fourth-order valence-electron chi connectivity index (χ4n) is 1.80. The smallest absolute Gasteiger partial charge is 0.329 e. The van der Waals surface area contributed by atoms with Gasteiger partial charge in [0.25, 0.3) is 0 Å². The second-order valence-electron chi connectivity index (χ2n) is 5.31. The van der Waals surface area contributed by atoms with Gasteiger partial charge in [0.05, 0.1) is 6.54 Å². The second-order valence-corrected chi connectivity index (χ2v) is 5.31. The second kappa shape index (κ2) is 5.90. The van der Waals surface area contributed by atoms with Crippen LogP contribution in [0.4, 0.5) is 4.79 Å². The lowest BCUT2D eigenvalue weighted by Gasteiger charge is -2.26. The van der Waals surface area contributed by atoms with Crippen molar-refractivity contribution in [2.75, 3.05) is 6.54 Å². The van der Waals surface area contributed by atoms with Gasteiger partial charge in [-0.05, 0) is 39.5 Å². The molecule has 1 aliphatic carbocycles. The summed E-state index contributed by atoms with van der Waals surface area (Å²) in [6.45, 7) is 4.93. The zero-order valence-electron chi connectivity index (χ0n) is 11.4.